The zero-order chi connectivity index (χ0) is 37.7. The number of ether oxygens (including phenoxy) is 2. The van der Waals surface area contributed by atoms with Crippen LogP contribution in [-0.4, -0.2) is 65.7 Å². The Balaban J connectivity index is 4.43. The average molecular weight is 739 g/mol. The van der Waals surface area contributed by atoms with Gasteiger partial charge in [0.25, 0.3) is 0 Å². The Bertz CT molecular complexity index is 1080. The van der Waals surface area contributed by atoms with Crippen LogP contribution in [0.3, 0.4) is 0 Å². The Morgan fingerprint density at radius 3 is 1.51 bits per heavy atom. The van der Waals surface area contributed by atoms with Crippen LogP contribution >= 0.6 is 7.82 Å². The van der Waals surface area contributed by atoms with Crippen molar-refractivity contribution in [1.29, 1.82) is 0 Å². The Morgan fingerprint density at radius 1 is 0.588 bits per heavy atom. The van der Waals surface area contributed by atoms with Gasteiger partial charge in [-0.25, -0.2) is 4.57 Å². The van der Waals surface area contributed by atoms with Gasteiger partial charge in [0.2, 0.25) is 0 Å². The number of carbonyl (C=O) groups is 2. The summed E-state index contributed by atoms with van der Waals surface area (Å²) in [5, 5.41) is 18.3. The second-order valence-corrected chi connectivity index (χ2v) is 13.8. The summed E-state index contributed by atoms with van der Waals surface area (Å²) in [5.41, 5.74) is 0. The molecule has 0 heterocycles. The van der Waals surface area contributed by atoms with E-state index in [-0.39, 0.29) is 19.4 Å². The molecule has 0 aromatic heterocycles. The Morgan fingerprint density at radius 2 is 1.02 bits per heavy atom. The first kappa shape index (κ1) is 48.4. The van der Waals surface area contributed by atoms with Gasteiger partial charge in [-0.05, 0) is 51.4 Å². The van der Waals surface area contributed by atoms with E-state index >= 15 is 0 Å². The molecule has 10 nitrogen and oxygen atoms in total. The second-order valence-electron chi connectivity index (χ2n) is 12.3. The molecule has 0 aromatic carbocycles. The first-order chi connectivity index (χ1) is 24.7. The molecule has 11 heteroatoms. The molecule has 2 unspecified atom stereocenters. The van der Waals surface area contributed by atoms with Gasteiger partial charge < -0.3 is 24.6 Å². The molecule has 0 radical (unpaired) electrons. The summed E-state index contributed by atoms with van der Waals surface area (Å²) in [6.07, 6.45) is 38.7. The van der Waals surface area contributed by atoms with Crippen molar-refractivity contribution in [1.82, 2.24) is 0 Å². The molecule has 0 rings (SSSR count). The zero-order valence-corrected chi connectivity index (χ0v) is 32.2. The lowest BCUT2D eigenvalue weighted by Gasteiger charge is -2.20. The normalized spacial score (nSPS) is 14.8. The molecule has 292 valence electrons. The summed E-state index contributed by atoms with van der Waals surface area (Å²) in [5.74, 6) is -0.973. The smallest absolute Gasteiger partial charge is 0.462 e. The third kappa shape index (κ3) is 35.6. The molecule has 3 N–H and O–H groups in total. The maximum atomic E-state index is 12.5. The fourth-order valence-corrected chi connectivity index (χ4v) is 5.37. The first-order valence-electron chi connectivity index (χ1n) is 19.0. The summed E-state index contributed by atoms with van der Waals surface area (Å²) < 4.78 is 32.5. The number of aliphatic hydroxyl groups is 2. The van der Waals surface area contributed by atoms with Crippen LogP contribution in [0.2, 0.25) is 0 Å². The van der Waals surface area contributed by atoms with Crippen LogP contribution in [0.4, 0.5) is 0 Å². The van der Waals surface area contributed by atoms with Gasteiger partial charge in [0.15, 0.2) is 6.10 Å². The third-order valence-electron chi connectivity index (χ3n) is 7.48. The quantitative estimate of drug-likeness (QED) is 0.0252. The van der Waals surface area contributed by atoms with E-state index in [1.165, 1.54) is 6.42 Å². The Labute approximate surface area is 308 Å². The van der Waals surface area contributed by atoms with E-state index in [1.807, 2.05) is 36.5 Å². The van der Waals surface area contributed by atoms with Crippen LogP contribution in [0, 0.1) is 0 Å². The van der Waals surface area contributed by atoms with Gasteiger partial charge in [-0.1, -0.05) is 138 Å². The molecule has 3 atom stereocenters. The predicted octanol–water partition coefficient (Wildman–Crippen LogP) is 9.33. The highest BCUT2D eigenvalue weighted by atomic mass is 31.2. The minimum absolute atomic E-state index is 0.154. The molecule has 51 heavy (non-hydrogen) atoms. The number of aliphatic hydroxyl groups excluding tert-OH is 2. The summed E-state index contributed by atoms with van der Waals surface area (Å²) >= 11 is 0. The van der Waals surface area contributed by atoms with Crippen molar-refractivity contribution in [2.45, 2.75) is 142 Å². The van der Waals surface area contributed by atoms with Crippen LogP contribution in [0.15, 0.2) is 72.9 Å². The van der Waals surface area contributed by atoms with Crippen LogP contribution in [-0.2, 0) is 32.7 Å². The van der Waals surface area contributed by atoms with E-state index in [9.17, 15) is 24.2 Å². The van der Waals surface area contributed by atoms with E-state index < -0.39 is 51.8 Å². The van der Waals surface area contributed by atoms with Gasteiger partial charge in [-0.2, -0.15) is 0 Å². The lowest BCUT2D eigenvalue weighted by molar-refractivity contribution is -0.161. The van der Waals surface area contributed by atoms with Crippen molar-refractivity contribution in [3.63, 3.8) is 0 Å². The lowest BCUT2D eigenvalue weighted by atomic mass is 10.1. The van der Waals surface area contributed by atoms with Crippen molar-refractivity contribution in [3.8, 4) is 0 Å². The second kappa shape index (κ2) is 35.8. The van der Waals surface area contributed by atoms with Crippen molar-refractivity contribution in [2.24, 2.45) is 0 Å². The number of allylic oxidation sites excluding steroid dienone is 12. The first-order valence-corrected chi connectivity index (χ1v) is 20.5. The number of esters is 2. The standard InChI is InChI=1S/C40H67O10P/c1-3-5-7-9-11-13-15-17-18-20-21-23-25-27-29-31-39(43)47-35-38(36-49-51(45,46)48-34-37(42)33-41)50-40(44)32-30-28-26-24-22-19-16-14-12-10-8-6-4-2/h5-16,37-38,41-42H,3-4,17-36H2,1-2H3,(H,45,46)/b7-5+,8-6+,11-9+,12-10+,15-13+,16-14+/t37-,38?/m0/s1. The highest BCUT2D eigenvalue weighted by Crippen LogP contribution is 2.43. The van der Waals surface area contributed by atoms with Crippen LogP contribution in [0.25, 0.3) is 0 Å². The fourth-order valence-electron chi connectivity index (χ4n) is 4.58. The van der Waals surface area contributed by atoms with Crippen molar-refractivity contribution in [3.05, 3.63) is 72.9 Å². The number of hydrogen-bond donors (Lipinski definition) is 3. The molecule has 0 fully saturated rings. The minimum atomic E-state index is -4.62. The van der Waals surface area contributed by atoms with Crippen LogP contribution in [0.1, 0.15) is 129 Å². The molecule has 0 aliphatic carbocycles. The SMILES string of the molecule is CC/C=C/C=C/C=C/CCCCCCCCCC(=O)OCC(COP(=O)(O)OC[C@@H](O)CO)OC(=O)CCCCCCC/C=C/C=C/C=C/CC. The number of carbonyl (C=O) groups excluding carboxylic acids is 2. The molecule has 0 aromatic rings. The van der Waals surface area contributed by atoms with Crippen LogP contribution in [0.5, 0.6) is 0 Å². The van der Waals surface area contributed by atoms with Crippen molar-refractivity contribution >= 4 is 19.8 Å². The summed E-state index contributed by atoms with van der Waals surface area (Å²) in [7, 11) is -4.62. The fraction of sp³-hybridized carbons (Fsp3) is 0.650. The van der Waals surface area contributed by atoms with Gasteiger partial charge in [-0.3, -0.25) is 18.6 Å². The molecule has 0 bridgehead atoms. The maximum absolute atomic E-state index is 12.5. The number of rotatable bonds is 34. The number of phosphoric ester groups is 1. The van der Waals surface area contributed by atoms with E-state index in [4.69, 9.17) is 19.1 Å². The zero-order valence-electron chi connectivity index (χ0n) is 31.3. The summed E-state index contributed by atoms with van der Waals surface area (Å²) in [6.45, 7) is 2.04. The van der Waals surface area contributed by atoms with E-state index in [1.54, 1.807) is 0 Å². The molecule has 0 amide bonds. The monoisotopic (exact) mass is 738 g/mol. The molecule has 0 aliphatic rings. The maximum Gasteiger partial charge on any atom is 0.472 e. The third-order valence-corrected chi connectivity index (χ3v) is 8.43. The molecular formula is C40H67O10P. The Kier molecular flexibility index (Phi) is 34.0. The largest absolute Gasteiger partial charge is 0.472 e. The van der Waals surface area contributed by atoms with Crippen molar-refractivity contribution < 1.29 is 47.8 Å². The molecule has 0 spiro atoms. The van der Waals surface area contributed by atoms with E-state index in [0.717, 1.165) is 83.5 Å². The summed E-state index contributed by atoms with van der Waals surface area (Å²) in [6, 6.07) is 0. The van der Waals surface area contributed by atoms with Gasteiger partial charge in [0.05, 0.1) is 19.8 Å². The van der Waals surface area contributed by atoms with Crippen molar-refractivity contribution in [2.75, 3.05) is 26.4 Å². The topological polar surface area (TPSA) is 149 Å². The average Bonchev–Trinajstić information content (AvgIpc) is 3.12. The van der Waals surface area contributed by atoms with E-state index in [2.05, 4.69) is 54.8 Å². The number of unbranched alkanes of at least 4 members (excludes halogenated alkanes) is 12. The Hall–Kier alpha value is -2.59. The van der Waals surface area contributed by atoms with Gasteiger partial charge in [0.1, 0.15) is 12.7 Å². The van der Waals surface area contributed by atoms with Gasteiger partial charge >= 0.3 is 19.8 Å². The number of phosphoric acid groups is 1. The minimum Gasteiger partial charge on any atom is -0.462 e. The van der Waals surface area contributed by atoms with E-state index in [0.29, 0.717) is 12.8 Å². The van der Waals surface area contributed by atoms with Gasteiger partial charge in [-0.15, -0.1) is 0 Å². The number of hydrogen-bond acceptors (Lipinski definition) is 9. The van der Waals surface area contributed by atoms with Gasteiger partial charge in [0, 0.05) is 12.8 Å². The molecular weight excluding hydrogens is 671 g/mol. The molecule has 0 saturated heterocycles. The highest BCUT2D eigenvalue weighted by molar-refractivity contribution is 7.47. The summed E-state index contributed by atoms with van der Waals surface area (Å²) in [4.78, 5) is 34.8. The highest BCUT2D eigenvalue weighted by Gasteiger charge is 2.27. The lowest BCUT2D eigenvalue weighted by Crippen LogP contribution is -2.29. The predicted molar refractivity (Wildman–Crippen MR) is 205 cm³/mol. The molecule has 0 aliphatic heterocycles. The molecule has 0 saturated carbocycles. The van der Waals surface area contributed by atoms with Crippen LogP contribution < -0.4 is 0 Å².